The number of ether oxygens (including phenoxy) is 1. The van der Waals surface area contributed by atoms with Crippen LogP contribution in [0.15, 0.2) is 24.3 Å². The summed E-state index contributed by atoms with van der Waals surface area (Å²) in [5.74, 6) is 0.195. The summed E-state index contributed by atoms with van der Waals surface area (Å²) in [7, 11) is 0. The van der Waals surface area contributed by atoms with Crippen LogP contribution in [0.1, 0.15) is 37.4 Å². The summed E-state index contributed by atoms with van der Waals surface area (Å²) in [6.45, 7) is 8.96. The maximum Gasteiger partial charge on any atom is 0.239 e. The molecule has 0 radical (unpaired) electrons. The van der Waals surface area contributed by atoms with Crippen LogP contribution in [-0.2, 0) is 9.53 Å². The molecule has 1 N–H and O–H groups in total. The smallest absolute Gasteiger partial charge is 0.239 e. The number of hydrogen-bond donors (Lipinski definition) is 1. The third kappa shape index (κ3) is 4.29. The van der Waals surface area contributed by atoms with Crippen LogP contribution in [0.5, 0.6) is 0 Å². The van der Waals surface area contributed by atoms with E-state index in [0.717, 1.165) is 6.42 Å². The van der Waals surface area contributed by atoms with Gasteiger partial charge in [-0.2, -0.15) is 0 Å². The maximum absolute atomic E-state index is 12.6. The van der Waals surface area contributed by atoms with Crippen LogP contribution < -0.4 is 5.32 Å². The first-order chi connectivity index (χ1) is 10.1. The van der Waals surface area contributed by atoms with Gasteiger partial charge < -0.3 is 9.64 Å². The lowest BCUT2D eigenvalue weighted by Gasteiger charge is -2.31. The van der Waals surface area contributed by atoms with Crippen LogP contribution in [0.25, 0.3) is 0 Å². The predicted molar refractivity (Wildman–Crippen MR) is 84.2 cm³/mol. The molecular formula is C17H26N2O2. The SMILES string of the molecule is CC[C@H](N[C@@H](C)c1cccc(C)c1)C(=O)N1CCOCC1. The second-order valence-corrected chi connectivity index (χ2v) is 5.70. The molecule has 0 aromatic heterocycles. The molecule has 2 rings (SSSR count). The van der Waals surface area contributed by atoms with Crippen molar-refractivity contribution >= 4 is 5.91 Å². The van der Waals surface area contributed by atoms with Gasteiger partial charge in [-0.05, 0) is 25.8 Å². The van der Waals surface area contributed by atoms with E-state index in [2.05, 4.69) is 50.4 Å². The van der Waals surface area contributed by atoms with Crippen LogP contribution in [0.2, 0.25) is 0 Å². The first-order valence-corrected chi connectivity index (χ1v) is 7.81. The van der Waals surface area contributed by atoms with Crippen molar-refractivity contribution in [1.29, 1.82) is 0 Å². The lowest BCUT2D eigenvalue weighted by atomic mass is 10.0. The highest BCUT2D eigenvalue weighted by Gasteiger charge is 2.25. The molecule has 1 aromatic rings. The maximum atomic E-state index is 12.6. The zero-order chi connectivity index (χ0) is 15.2. The zero-order valence-electron chi connectivity index (χ0n) is 13.3. The fourth-order valence-corrected chi connectivity index (χ4v) is 2.71. The quantitative estimate of drug-likeness (QED) is 0.904. The monoisotopic (exact) mass is 290 g/mol. The minimum absolute atomic E-state index is 0.126. The van der Waals surface area contributed by atoms with Crippen LogP contribution in [0.3, 0.4) is 0 Å². The molecule has 116 valence electrons. The molecule has 1 saturated heterocycles. The highest BCUT2D eigenvalue weighted by atomic mass is 16.5. The number of benzene rings is 1. The molecule has 2 atom stereocenters. The van der Waals surface area contributed by atoms with E-state index in [1.54, 1.807) is 0 Å². The number of carbonyl (C=O) groups excluding carboxylic acids is 1. The number of morpholine rings is 1. The van der Waals surface area contributed by atoms with Gasteiger partial charge in [0.25, 0.3) is 0 Å². The summed E-state index contributed by atoms with van der Waals surface area (Å²) < 4.78 is 5.31. The van der Waals surface area contributed by atoms with Gasteiger partial charge in [-0.25, -0.2) is 0 Å². The number of rotatable bonds is 5. The van der Waals surface area contributed by atoms with Crippen LogP contribution in [-0.4, -0.2) is 43.2 Å². The third-order valence-corrected chi connectivity index (χ3v) is 4.02. The number of amides is 1. The van der Waals surface area contributed by atoms with Crippen LogP contribution in [0.4, 0.5) is 0 Å². The highest BCUT2D eigenvalue weighted by Crippen LogP contribution is 2.16. The number of hydrogen-bond acceptors (Lipinski definition) is 3. The van der Waals surface area contributed by atoms with Gasteiger partial charge in [-0.15, -0.1) is 0 Å². The van der Waals surface area contributed by atoms with E-state index >= 15 is 0 Å². The molecule has 1 aromatic carbocycles. The van der Waals surface area contributed by atoms with Crippen LogP contribution in [0, 0.1) is 6.92 Å². The molecule has 1 aliphatic heterocycles. The summed E-state index contributed by atoms with van der Waals surface area (Å²) in [4.78, 5) is 14.5. The van der Waals surface area contributed by atoms with Gasteiger partial charge in [0.05, 0.1) is 19.3 Å². The van der Waals surface area contributed by atoms with Gasteiger partial charge in [0.2, 0.25) is 5.91 Å². The molecule has 0 unspecified atom stereocenters. The minimum atomic E-state index is -0.126. The van der Waals surface area contributed by atoms with Crippen molar-refractivity contribution in [2.45, 2.75) is 39.3 Å². The van der Waals surface area contributed by atoms with E-state index < -0.39 is 0 Å². The first-order valence-electron chi connectivity index (χ1n) is 7.81. The van der Waals surface area contributed by atoms with Crippen molar-refractivity contribution in [1.82, 2.24) is 10.2 Å². The first kappa shape index (κ1) is 16.0. The molecule has 1 fully saturated rings. The van der Waals surface area contributed by atoms with Crippen molar-refractivity contribution < 1.29 is 9.53 Å². The third-order valence-electron chi connectivity index (χ3n) is 4.02. The summed E-state index contributed by atoms with van der Waals surface area (Å²) in [5.41, 5.74) is 2.47. The molecule has 1 aliphatic rings. The van der Waals surface area contributed by atoms with E-state index in [0.29, 0.717) is 26.3 Å². The second-order valence-electron chi connectivity index (χ2n) is 5.70. The Morgan fingerprint density at radius 1 is 1.38 bits per heavy atom. The number of nitrogens with zero attached hydrogens (tertiary/aromatic N) is 1. The van der Waals surface area contributed by atoms with E-state index in [-0.39, 0.29) is 18.0 Å². The highest BCUT2D eigenvalue weighted by molar-refractivity contribution is 5.82. The Labute approximate surface area is 127 Å². The Morgan fingerprint density at radius 2 is 2.10 bits per heavy atom. The minimum Gasteiger partial charge on any atom is -0.378 e. The molecule has 0 saturated carbocycles. The fraction of sp³-hybridized carbons (Fsp3) is 0.588. The lowest BCUT2D eigenvalue weighted by molar-refractivity contribution is -0.137. The van der Waals surface area contributed by atoms with E-state index in [9.17, 15) is 4.79 Å². The molecule has 0 aliphatic carbocycles. The summed E-state index contributed by atoms with van der Waals surface area (Å²) >= 11 is 0. The van der Waals surface area contributed by atoms with E-state index in [1.807, 2.05) is 4.90 Å². The van der Waals surface area contributed by atoms with Crippen LogP contribution >= 0.6 is 0 Å². The molecule has 1 amide bonds. The molecule has 0 bridgehead atoms. The molecule has 0 spiro atoms. The number of carbonyl (C=O) groups is 1. The Bertz CT molecular complexity index is 470. The zero-order valence-corrected chi connectivity index (χ0v) is 13.3. The summed E-state index contributed by atoms with van der Waals surface area (Å²) in [6, 6.07) is 8.47. The van der Waals surface area contributed by atoms with E-state index in [1.165, 1.54) is 11.1 Å². The van der Waals surface area contributed by atoms with Gasteiger partial charge in [-0.1, -0.05) is 36.8 Å². The average molecular weight is 290 g/mol. The Morgan fingerprint density at radius 3 is 2.71 bits per heavy atom. The van der Waals surface area contributed by atoms with Crippen molar-refractivity contribution in [3.63, 3.8) is 0 Å². The Hall–Kier alpha value is -1.39. The second kappa shape index (κ2) is 7.57. The molecule has 1 heterocycles. The van der Waals surface area contributed by atoms with E-state index in [4.69, 9.17) is 4.74 Å². The van der Waals surface area contributed by atoms with Gasteiger partial charge in [0, 0.05) is 19.1 Å². The van der Waals surface area contributed by atoms with Crippen molar-refractivity contribution in [3.05, 3.63) is 35.4 Å². The molecular weight excluding hydrogens is 264 g/mol. The van der Waals surface area contributed by atoms with Gasteiger partial charge in [0.1, 0.15) is 0 Å². The summed E-state index contributed by atoms with van der Waals surface area (Å²) in [5, 5.41) is 3.48. The Balaban J connectivity index is 1.99. The van der Waals surface area contributed by atoms with Gasteiger partial charge >= 0.3 is 0 Å². The normalized spacial score (nSPS) is 18.3. The van der Waals surface area contributed by atoms with Crippen molar-refractivity contribution in [2.75, 3.05) is 26.3 Å². The Kier molecular flexibility index (Phi) is 5.76. The topological polar surface area (TPSA) is 41.6 Å². The summed E-state index contributed by atoms with van der Waals surface area (Å²) in [6.07, 6.45) is 0.798. The number of aryl methyl sites for hydroxylation is 1. The fourth-order valence-electron chi connectivity index (χ4n) is 2.71. The van der Waals surface area contributed by atoms with Gasteiger partial charge in [0.15, 0.2) is 0 Å². The molecule has 4 heteroatoms. The average Bonchev–Trinajstić information content (AvgIpc) is 2.52. The lowest BCUT2D eigenvalue weighted by Crippen LogP contribution is -2.50. The predicted octanol–water partition coefficient (Wildman–Crippen LogP) is 2.28. The largest absolute Gasteiger partial charge is 0.378 e. The van der Waals surface area contributed by atoms with Gasteiger partial charge in [-0.3, -0.25) is 10.1 Å². The number of nitrogens with one attached hydrogen (secondary N) is 1. The standard InChI is InChI=1S/C17H26N2O2/c1-4-16(17(20)19-8-10-21-11-9-19)18-14(3)15-7-5-6-13(2)12-15/h5-7,12,14,16,18H,4,8-11H2,1-3H3/t14-,16-/m0/s1. The molecule has 21 heavy (non-hydrogen) atoms. The van der Waals surface area contributed by atoms with Crippen molar-refractivity contribution in [2.24, 2.45) is 0 Å². The van der Waals surface area contributed by atoms with Crippen molar-refractivity contribution in [3.8, 4) is 0 Å². The molecule has 4 nitrogen and oxygen atoms in total.